The van der Waals surface area contributed by atoms with Crippen molar-refractivity contribution in [2.45, 2.75) is 25.3 Å². The van der Waals surface area contributed by atoms with Gasteiger partial charge in [-0.1, -0.05) is 23.7 Å². The van der Waals surface area contributed by atoms with Gasteiger partial charge in [0.25, 0.3) is 0 Å². The van der Waals surface area contributed by atoms with Crippen molar-refractivity contribution in [3.63, 3.8) is 0 Å². The summed E-state index contributed by atoms with van der Waals surface area (Å²) in [6, 6.07) is 9.83. The minimum atomic E-state index is 0.0404. The van der Waals surface area contributed by atoms with E-state index in [9.17, 15) is 0 Å². The largest absolute Gasteiger partial charge is 0.381 e. The van der Waals surface area contributed by atoms with Crippen LogP contribution < -0.4 is 10.6 Å². The highest BCUT2D eigenvalue weighted by molar-refractivity contribution is 6.30. The predicted molar refractivity (Wildman–Crippen MR) is 120 cm³/mol. The van der Waals surface area contributed by atoms with Gasteiger partial charge in [-0.25, -0.2) is 0 Å². The van der Waals surface area contributed by atoms with Gasteiger partial charge in [0, 0.05) is 64.0 Å². The summed E-state index contributed by atoms with van der Waals surface area (Å²) in [5, 5.41) is 11.9. The first-order valence-corrected chi connectivity index (χ1v) is 11.0. The smallest absolute Gasteiger partial charge is 0.191 e. The molecule has 3 rings (SSSR count). The van der Waals surface area contributed by atoms with Crippen molar-refractivity contribution in [3.8, 4) is 0 Å². The van der Waals surface area contributed by atoms with Crippen LogP contribution in [0.5, 0.6) is 0 Å². The number of hydrogen-bond donors (Lipinski definition) is 2. The van der Waals surface area contributed by atoms with E-state index in [0.29, 0.717) is 12.5 Å². The highest BCUT2D eigenvalue weighted by atomic mass is 35.5. The summed E-state index contributed by atoms with van der Waals surface area (Å²) >= 11 is 6.05. The lowest BCUT2D eigenvalue weighted by Crippen LogP contribution is -2.41. The van der Waals surface area contributed by atoms with E-state index in [1.54, 1.807) is 13.2 Å². The monoisotopic (exact) mass is 433 g/mol. The number of hydrogen-bond acceptors (Lipinski definition) is 4. The van der Waals surface area contributed by atoms with Gasteiger partial charge >= 0.3 is 0 Å². The highest BCUT2D eigenvalue weighted by Gasteiger charge is 2.15. The average Bonchev–Trinajstić information content (AvgIpc) is 3.31. The lowest BCUT2D eigenvalue weighted by atomic mass is 10.0. The van der Waals surface area contributed by atoms with Gasteiger partial charge in [-0.05, 0) is 48.9 Å². The van der Waals surface area contributed by atoms with Crippen LogP contribution in [0.4, 0.5) is 0 Å². The van der Waals surface area contributed by atoms with Gasteiger partial charge in [0.15, 0.2) is 5.96 Å². The molecule has 1 aromatic carbocycles. The molecule has 2 aromatic rings. The molecule has 2 N–H and O–H groups in total. The maximum absolute atomic E-state index is 6.05. The van der Waals surface area contributed by atoms with Gasteiger partial charge in [0.2, 0.25) is 0 Å². The van der Waals surface area contributed by atoms with E-state index in [0.717, 1.165) is 68.8 Å². The average molecular weight is 434 g/mol. The molecular formula is C22H32ClN5O2. The Labute approximate surface area is 183 Å². The molecule has 7 nitrogen and oxygen atoms in total. The van der Waals surface area contributed by atoms with Gasteiger partial charge in [-0.15, -0.1) is 0 Å². The number of ether oxygens (including phenoxy) is 2. The Morgan fingerprint density at radius 1 is 1.30 bits per heavy atom. The molecular weight excluding hydrogens is 402 g/mol. The van der Waals surface area contributed by atoms with Gasteiger partial charge < -0.3 is 20.1 Å². The van der Waals surface area contributed by atoms with Gasteiger partial charge in [0.1, 0.15) is 0 Å². The molecule has 1 aliphatic heterocycles. The van der Waals surface area contributed by atoms with Crippen LogP contribution in [0.25, 0.3) is 0 Å². The molecule has 1 saturated heterocycles. The highest BCUT2D eigenvalue weighted by Crippen LogP contribution is 2.19. The summed E-state index contributed by atoms with van der Waals surface area (Å²) in [7, 11) is 1.78. The van der Waals surface area contributed by atoms with Crippen molar-refractivity contribution in [1.29, 1.82) is 0 Å². The Morgan fingerprint density at radius 2 is 2.10 bits per heavy atom. The van der Waals surface area contributed by atoms with E-state index >= 15 is 0 Å². The molecule has 1 unspecified atom stereocenters. The van der Waals surface area contributed by atoms with Crippen LogP contribution in [0.15, 0.2) is 47.7 Å². The van der Waals surface area contributed by atoms with Crippen molar-refractivity contribution >= 4 is 17.6 Å². The third kappa shape index (κ3) is 7.31. The van der Waals surface area contributed by atoms with Crippen LogP contribution in [0.2, 0.25) is 5.02 Å². The molecule has 0 aliphatic carbocycles. The van der Waals surface area contributed by atoms with E-state index < -0.39 is 0 Å². The molecule has 0 radical (unpaired) electrons. The van der Waals surface area contributed by atoms with E-state index in [2.05, 4.69) is 20.7 Å². The van der Waals surface area contributed by atoms with E-state index in [-0.39, 0.29) is 6.04 Å². The molecule has 1 aromatic heterocycles. The molecule has 0 amide bonds. The number of benzene rings is 1. The number of nitrogens with zero attached hydrogens (tertiary/aromatic N) is 3. The maximum atomic E-state index is 6.05. The summed E-state index contributed by atoms with van der Waals surface area (Å²) in [5.41, 5.74) is 1.13. The second-order valence-electron chi connectivity index (χ2n) is 7.42. The molecule has 0 saturated carbocycles. The molecule has 0 bridgehead atoms. The second kappa shape index (κ2) is 12.6. The third-order valence-corrected chi connectivity index (χ3v) is 5.49. The molecule has 1 fully saturated rings. The summed E-state index contributed by atoms with van der Waals surface area (Å²) in [4.78, 5) is 4.33. The molecule has 1 atom stereocenters. The minimum Gasteiger partial charge on any atom is -0.381 e. The van der Waals surface area contributed by atoms with Crippen molar-refractivity contribution < 1.29 is 9.47 Å². The lowest BCUT2D eigenvalue weighted by molar-refractivity contribution is 0.0203. The first-order valence-electron chi connectivity index (χ1n) is 10.6. The first kappa shape index (κ1) is 22.6. The molecule has 8 heteroatoms. The SMILES string of the molecule is CN=C(NCCCOCC1CCOCC1)NCC(c1ccc(Cl)cc1)n1cccn1. The summed E-state index contributed by atoms with van der Waals surface area (Å²) in [5.74, 6) is 1.42. The van der Waals surface area contributed by atoms with Crippen LogP contribution >= 0.6 is 11.6 Å². The fourth-order valence-corrected chi connectivity index (χ4v) is 3.60. The summed E-state index contributed by atoms with van der Waals surface area (Å²) < 4.78 is 13.1. The van der Waals surface area contributed by atoms with Crippen LogP contribution in [0.1, 0.15) is 30.9 Å². The number of aliphatic imine (C=N–C) groups is 1. The van der Waals surface area contributed by atoms with Crippen LogP contribution in [0.3, 0.4) is 0 Å². The van der Waals surface area contributed by atoms with Gasteiger partial charge in [-0.3, -0.25) is 9.67 Å². The van der Waals surface area contributed by atoms with Crippen LogP contribution in [0, 0.1) is 5.92 Å². The number of rotatable bonds is 10. The lowest BCUT2D eigenvalue weighted by Gasteiger charge is -2.22. The second-order valence-corrected chi connectivity index (χ2v) is 7.85. The third-order valence-electron chi connectivity index (χ3n) is 5.24. The molecule has 164 valence electrons. The zero-order valence-corrected chi connectivity index (χ0v) is 18.4. The first-order chi connectivity index (χ1) is 14.8. The van der Waals surface area contributed by atoms with Crippen molar-refractivity contribution in [1.82, 2.24) is 20.4 Å². The van der Waals surface area contributed by atoms with Gasteiger partial charge in [-0.2, -0.15) is 5.10 Å². The molecule has 0 spiro atoms. The summed E-state index contributed by atoms with van der Waals surface area (Å²) in [6.07, 6.45) is 6.91. The Kier molecular flexibility index (Phi) is 9.47. The fraction of sp³-hybridized carbons (Fsp3) is 0.545. The molecule has 1 aliphatic rings. The number of guanidine groups is 1. The minimum absolute atomic E-state index is 0.0404. The Morgan fingerprint density at radius 3 is 2.80 bits per heavy atom. The zero-order valence-electron chi connectivity index (χ0n) is 17.6. The molecule has 30 heavy (non-hydrogen) atoms. The normalized spacial score (nSPS) is 16.4. The van der Waals surface area contributed by atoms with E-state index in [1.807, 2.05) is 41.2 Å². The molecule has 2 heterocycles. The van der Waals surface area contributed by atoms with E-state index in [4.69, 9.17) is 21.1 Å². The number of aromatic nitrogens is 2. The van der Waals surface area contributed by atoms with E-state index in [1.165, 1.54) is 0 Å². The fourth-order valence-electron chi connectivity index (χ4n) is 3.47. The quantitative estimate of drug-likeness (QED) is 0.342. The Bertz CT molecular complexity index is 745. The Balaban J connectivity index is 1.40. The zero-order chi connectivity index (χ0) is 21.0. The predicted octanol–water partition coefficient (Wildman–Crippen LogP) is 3.12. The van der Waals surface area contributed by atoms with Crippen LogP contribution in [-0.4, -0.2) is 62.3 Å². The summed E-state index contributed by atoms with van der Waals surface area (Å²) in [6.45, 7) is 4.79. The van der Waals surface area contributed by atoms with Crippen LogP contribution in [-0.2, 0) is 9.47 Å². The Hall–Kier alpha value is -2.09. The number of halogens is 1. The number of nitrogens with one attached hydrogen (secondary N) is 2. The standard InChI is InChI=1S/C22H32ClN5O2/c1-24-22(25-10-3-13-30-17-18-8-14-29-15-9-18)26-16-21(28-12-2-11-27-28)19-4-6-20(23)7-5-19/h2,4-7,11-12,18,21H,3,8-10,13-17H2,1H3,(H2,24,25,26). The van der Waals surface area contributed by atoms with Crippen molar-refractivity contribution in [3.05, 3.63) is 53.3 Å². The maximum Gasteiger partial charge on any atom is 0.191 e. The topological polar surface area (TPSA) is 72.7 Å². The van der Waals surface area contributed by atoms with Gasteiger partial charge in [0.05, 0.1) is 6.04 Å². The van der Waals surface area contributed by atoms with Crippen molar-refractivity contribution in [2.75, 3.05) is 46.6 Å². The van der Waals surface area contributed by atoms with Crippen molar-refractivity contribution in [2.24, 2.45) is 10.9 Å².